The molecule has 0 radical (unpaired) electrons. The van der Waals surface area contributed by atoms with Crippen molar-refractivity contribution in [2.45, 2.75) is 18.2 Å². The molecule has 0 aromatic heterocycles. The Morgan fingerprint density at radius 1 is 1.53 bits per heavy atom. The molecule has 0 saturated heterocycles. The lowest BCUT2D eigenvalue weighted by atomic mass is 10.3. The number of rotatable bonds is 5. The monoisotopic (exact) mass is 224 g/mol. The molecular weight excluding hydrogens is 208 g/mol. The molecule has 0 aliphatic carbocycles. The number of hydrogen-bond acceptors (Lipinski definition) is 3. The lowest BCUT2D eigenvalue weighted by molar-refractivity contribution is -0.120. The zero-order valence-corrected chi connectivity index (χ0v) is 9.64. The topological polar surface area (TPSA) is 55.1 Å². The van der Waals surface area contributed by atoms with Crippen LogP contribution in [0, 0.1) is 0 Å². The van der Waals surface area contributed by atoms with Gasteiger partial charge in [0.15, 0.2) is 0 Å². The number of anilines is 1. The van der Waals surface area contributed by atoms with Gasteiger partial charge < -0.3 is 11.1 Å². The molecule has 0 spiro atoms. The number of carbonyl (C=O) groups excluding carboxylic acids is 1. The third-order valence-electron chi connectivity index (χ3n) is 1.83. The first-order valence-electron chi connectivity index (χ1n) is 4.97. The van der Waals surface area contributed by atoms with E-state index in [0.29, 0.717) is 13.0 Å². The van der Waals surface area contributed by atoms with Crippen molar-refractivity contribution in [1.82, 2.24) is 5.32 Å². The number of carbonyl (C=O) groups is 1. The predicted molar refractivity (Wildman–Crippen MR) is 64.9 cm³/mol. The van der Waals surface area contributed by atoms with Crippen molar-refractivity contribution in [2.24, 2.45) is 0 Å². The van der Waals surface area contributed by atoms with Gasteiger partial charge in [0, 0.05) is 29.3 Å². The van der Waals surface area contributed by atoms with Crippen LogP contribution >= 0.6 is 11.8 Å². The van der Waals surface area contributed by atoms with Crippen LogP contribution in [0.25, 0.3) is 0 Å². The third kappa shape index (κ3) is 4.74. The van der Waals surface area contributed by atoms with Gasteiger partial charge in [0.2, 0.25) is 5.91 Å². The molecule has 0 aliphatic rings. The van der Waals surface area contributed by atoms with Crippen molar-refractivity contribution < 1.29 is 4.79 Å². The summed E-state index contributed by atoms with van der Waals surface area (Å²) in [7, 11) is 0. The minimum absolute atomic E-state index is 0.105. The molecule has 0 fully saturated rings. The van der Waals surface area contributed by atoms with Gasteiger partial charge in [0.25, 0.3) is 0 Å². The summed E-state index contributed by atoms with van der Waals surface area (Å²) >= 11 is 1.65. The van der Waals surface area contributed by atoms with E-state index in [-0.39, 0.29) is 5.91 Å². The normalized spacial score (nSPS) is 9.93. The Balaban J connectivity index is 2.28. The molecule has 0 unspecified atom stereocenters. The second kappa shape index (κ2) is 6.35. The van der Waals surface area contributed by atoms with Crippen LogP contribution in [0.15, 0.2) is 29.2 Å². The number of nitrogens with one attached hydrogen (secondary N) is 1. The Morgan fingerprint density at radius 3 is 3.00 bits per heavy atom. The number of amides is 1. The van der Waals surface area contributed by atoms with Crippen molar-refractivity contribution >= 4 is 23.4 Å². The molecule has 0 heterocycles. The Hall–Kier alpha value is -1.16. The number of nitrogen functional groups attached to an aromatic ring is 1. The summed E-state index contributed by atoms with van der Waals surface area (Å²) in [6.07, 6.45) is 0.549. The highest BCUT2D eigenvalue weighted by Crippen LogP contribution is 2.20. The zero-order chi connectivity index (χ0) is 11.1. The fourth-order valence-electron chi connectivity index (χ4n) is 1.15. The van der Waals surface area contributed by atoms with E-state index in [9.17, 15) is 4.79 Å². The van der Waals surface area contributed by atoms with Gasteiger partial charge in [0.1, 0.15) is 0 Å². The van der Waals surface area contributed by atoms with Gasteiger partial charge in [-0.3, -0.25) is 4.79 Å². The molecule has 3 N–H and O–H groups in total. The number of nitrogens with two attached hydrogens (primary N) is 1. The van der Waals surface area contributed by atoms with E-state index in [4.69, 9.17) is 5.73 Å². The van der Waals surface area contributed by atoms with E-state index in [1.54, 1.807) is 11.8 Å². The second-order valence-corrected chi connectivity index (χ2v) is 4.29. The predicted octanol–water partition coefficient (Wildman–Crippen LogP) is 1.89. The van der Waals surface area contributed by atoms with Crippen molar-refractivity contribution in [3.8, 4) is 0 Å². The third-order valence-corrected chi connectivity index (χ3v) is 2.83. The summed E-state index contributed by atoms with van der Waals surface area (Å²) in [5.41, 5.74) is 6.41. The van der Waals surface area contributed by atoms with E-state index >= 15 is 0 Å². The summed E-state index contributed by atoms with van der Waals surface area (Å²) in [4.78, 5) is 12.3. The first-order valence-corrected chi connectivity index (χ1v) is 5.96. The van der Waals surface area contributed by atoms with Gasteiger partial charge in [-0.05, 0) is 25.1 Å². The van der Waals surface area contributed by atoms with Crippen LogP contribution in [0.3, 0.4) is 0 Å². The summed E-state index contributed by atoms with van der Waals surface area (Å²) in [5, 5.41) is 2.77. The summed E-state index contributed by atoms with van der Waals surface area (Å²) in [5.74, 6) is 0.892. The standard InChI is InChI=1S/C11H16N2OS/c1-2-13-11(14)6-7-15-10-5-3-4-9(12)8-10/h3-5,8H,2,6-7,12H2,1H3,(H,13,14). The molecule has 0 saturated carbocycles. The molecule has 3 nitrogen and oxygen atoms in total. The van der Waals surface area contributed by atoms with Crippen molar-refractivity contribution in [3.05, 3.63) is 24.3 Å². The minimum atomic E-state index is 0.105. The Bertz CT molecular complexity index is 328. The summed E-state index contributed by atoms with van der Waals surface area (Å²) in [6, 6.07) is 7.69. The van der Waals surface area contributed by atoms with Crippen LogP contribution in [-0.4, -0.2) is 18.2 Å². The number of hydrogen-bond donors (Lipinski definition) is 2. The molecule has 4 heteroatoms. The molecular formula is C11H16N2OS. The Morgan fingerprint density at radius 2 is 2.33 bits per heavy atom. The van der Waals surface area contributed by atoms with E-state index in [1.165, 1.54) is 0 Å². The van der Waals surface area contributed by atoms with Crippen molar-refractivity contribution in [1.29, 1.82) is 0 Å². The lowest BCUT2D eigenvalue weighted by Gasteiger charge is -2.03. The molecule has 1 rings (SSSR count). The van der Waals surface area contributed by atoms with Crippen LogP contribution in [0.1, 0.15) is 13.3 Å². The summed E-state index contributed by atoms with van der Waals surface area (Å²) in [6.45, 7) is 2.62. The zero-order valence-electron chi connectivity index (χ0n) is 8.82. The van der Waals surface area contributed by atoms with Crippen molar-refractivity contribution in [2.75, 3.05) is 18.0 Å². The van der Waals surface area contributed by atoms with E-state index in [1.807, 2.05) is 31.2 Å². The lowest BCUT2D eigenvalue weighted by Crippen LogP contribution is -2.22. The average Bonchev–Trinajstić information content (AvgIpc) is 2.18. The Labute approximate surface area is 94.4 Å². The van der Waals surface area contributed by atoms with Gasteiger partial charge in [0.05, 0.1) is 0 Å². The molecule has 1 amide bonds. The Kier molecular flexibility index (Phi) is 5.04. The molecule has 0 aliphatic heterocycles. The van der Waals surface area contributed by atoms with Crippen LogP contribution in [0.2, 0.25) is 0 Å². The average molecular weight is 224 g/mol. The van der Waals surface area contributed by atoms with Crippen LogP contribution in [0.4, 0.5) is 5.69 Å². The minimum Gasteiger partial charge on any atom is -0.399 e. The molecule has 1 aromatic carbocycles. The first kappa shape index (κ1) is 11.9. The molecule has 15 heavy (non-hydrogen) atoms. The number of benzene rings is 1. The molecule has 1 aromatic rings. The first-order chi connectivity index (χ1) is 7.22. The maximum Gasteiger partial charge on any atom is 0.220 e. The maximum absolute atomic E-state index is 11.2. The van der Waals surface area contributed by atoms with E-state index in [0.717, 1.165) is 16.3 Å². The van der Waals surface area contributed by atoms with Gasteiger partial charge in [-0.1, -0.05) is 6.07 Å². The van der Waals surface area contributed by atoms with Crippen LogP contribution in [0.5, 0.6) is 0 Å². The van der Waals surface area contributed by atoms with Crippen molar-refractivity contribution in [3.63, 3.8) is 0 Å². The molecule has 0 bridgehead atoms. The fraction of sp³-hybridized carbons (Fsp3) is 0.364. The number of thioether (sulfide) groups is 1. The van der Waals surface area contributed by atoms with Gasteiger partial charge in [-0.15, -0.1) is 11.8 Å². The smallest absolute Gasteiger partial charge is 0.220 e. The highest BCUT2D eigenvalue weighted by molar-refractivity contribution is 7.99. The van der Waals surface area contributed by atoms with Crippen LogP contribution in [-0.2, 0) is 4.79 Å². The molecule has 82 valence electrons. The van der Waals surface area contributed by atoms with E-state index in [2.05, 4.69) is 5.32 Å². The fourth-order valence-corrected chi connectivity index (χ4v) is 2.07. The van der Waals surface area contributed by atoms with E-state index < -0.39 is 0 Å². The maximum atomic E-state index is 11.2. The highest BCUT2D eigenvalue weighted by Gasteiger charge is 2.00. The quantitative estimate of drug-likeness (QED) is 0.593. The van der Waals surface area contributed by atoms with Gasteiger partial charge >= 0.3 is 0 Å². The van der Waals surface area contributed by atoms with Crippen LogP contribution < -0.4 is 11.1 Å². The largest absolute Gasteiger partial charge is 0.399 e. The second-order valence-electron chi connectivity index (χ2n) is 3.12. The SMILES string of the molecule is CCNC(=O)CCSc1cccc(N)c1. The van der Waals surface area contributed by atoms with Gasteiger partial charge in [-0.25, -0.2) is 0 Å². The molecule has 0 atom stereocenters. The highest BCUT2D eigenvalue weighted by atomic mass is 32.2. The van der Waals surface area contributed by atoms with Gasteiger partial charge in [-0.2, -0.15) is 0 Å². The summed E-state index contributed by atoms with van der Waals surface area (Å²) < 4.78 is 0.